The Balaban J connectivity index is 2.81. The summed E-state index contributed by atoms with van der Waals surface area (Å²) in [5.74, 6) is 0. The van der Waals surface area contributed by atoms with Crippen molar-refractivity contribution in [2.45, 2.75) is 74.1 Å². The van der Waals surface area contributed by atoms with Gasteiger partial charge in [-0.3, -0.25) is 0 Å². The topological polar surface area (TPSA) is 18.5 Å². The van der Waals surface area contributed by atoms with Gasteiger partial charge in [0, 0.05) is 0 Å². The first-order valence-corrected chi connectivity index (χ1v) is 13.1. The summed E-state index contributed by atoms with van der Waals surface area (Å²) in [6, 6.07) is 0. The molecule has 0 aromatic carbocycles. The molecule has 1 saturated carbocycles. The Hall–Kier alpha value is 0.463. The quantitative estimate of drug-likeness (QED) is 0.478. The van der Waals surface area contributed by atoms with E-state index in [0.717, 1.165) is 4.75 Å². The first-order chi connectivity index (χ1) is 8.33. The van der Waals surface area contributed by atoms with Gasteiger partial charge in [-0.05, 0) is 0 Å². The predicted molar refractivity (Wildman–Crippen MR) is 80.7 cm³/mol. The Morgan fingerprint density at radius 1 is 1.17 bits per heavy atom. The molecular formula is C15H32GeO2. The van der Waals surface area contributed by atoms with Crippen molar-refractivity contribution < 1.29 is 9.47 Å². The van der Waals surface area contributed by atoms with Crippen LogP contribution in [0.2, 0.25) is 20.5 Å². The third-order valence-electron chi connectivity index (χ3n) is 6.00. The molecule has 1 aliphatic rings. The fourth-order valence-corrected chi connectivity index (χ4v) is 15.4. The molecule has 0 aliphatic heterocycles. The number of hydrogen-bond donors (Lipinski definition) is 0. The van der Waals surface area contributed by atoms with E-state index >= 15 is 0 Å². The zero-order valence-electron chi connectivity index (χ0n) is 13.4. The van der Waals surface area contributed by atoms with E-state index in [2.05, 4.69) is 41.5 Å². The van der Waals surface area contributed by atoms with Gasteiger partial charge < -0.3 is 0 Å². The summed E-state index contributed by atoms with van der Waals surface area (Å²) < 4.78 is 12.0. The van der Waals surface area contributed by atoms with E-state index in [-0.39, 0.29) is 5.60 Å². The van der Waals surface area contributed by atoms with E-state index in [9.17, 15) is 0 Å². The summed E-state index contributed by atoms with van der Waals surface area (Å²) in [6.45, 7) is 14.6. The third kappa shape index (κ3) is 2.66. The number of methoxy groups -OCH3 is 1. The molecule has 0 N–H and O–H groups in total. The van der Waals surface area contributed by atoms with Crippen LogP contribution in [0.25, 0.3) is 0 Å². The molecule has 3 heteroatoms. The summed E-state index contributed by atoms with van der Waals surface area (Å²) in [5, 5.41) is 4.40. The molecule has 0 spiro atoms. The van der Waals surface area contributed by atoms with E-state index in [1.807, 2.05) is 0 Å². The second kappa shape index (κ2) is 5.84. The Bertz CT molecular complexity index is 265. The minimum absolute atomic E-state index is 0.0519. The summed E-state index contributed by atoms with van der Waals surface area (Å²) in [5.41, 5.74) is 0.331. The van der Waals surface area contributed by atoms with Crippen molar-refractivity contribution >= 4 is 13.3 Å². The Kier molecular flexibility index (Phi) is 5.36. The summed E-state index contributed by atoms with van der Waals surface area (Å²) in [7, 11) is 1.70. The van der Waals surface area contributed by atoms with Crippen LogP contribution < -0.4 is 0 Å². The van der Waals surface area contributed by atoms with Crippen molar-refractivity contribution in [2.75, 3.05) is 13.9 Å². The van der Waals surface area contributed by atoms with Crippen molar-refractivity contribution in [1.82, 2.24) is 0 Å². The van der Waals surface area contributed by atoms with Crippen molar-refractivity contribution in [3.05, 3.63) is 0 Å². The number of ether oxygens (including phenoxy) is 2. The molecule has 0 amide bonds. The Morgan fingerprint density at radius 2 is 1.67 bits per heavy atom. The molecule has 108 valence electrons. The molecule has 18 heavy (non-hydrogen) atoms. The SMILES string of the molecule is C[CH2][Ge]([CH2]C)([CH2]C)[C@H]1C[C@]1(C)C(C)(C)OCOC. The molecule has 1 rings (SSSR count). The molecular weight excluding hydrogens is 285 g/mol. The Morgan fingerprint density at radius 3 is 2.06 bits per heavy atom. The van der Waals surface area contributed by atoms with E-state index in [1.54, 1.807) is 7.11 Å². The first kappa shape index (κ1) is 16.5. The van der Waals surface area contributed by atoms with E-state index in [0.29, 0.717) is 12.2 Å². The standard InChI is InChI=1S/C15H32GeO2/c1-8-16(9-2,10-3)13-11-15(13,6)14(4,5)18-12-17-7/h13H,8-12H2,1-7H3/t13-,15-/m0/s1. The normalized spacial score (nSPS) is 28.5. The van der Waals surface area contributed by atoms with Gasteiger partial charge in [-0.2, -0.15) is 0 Å². The first-order valence-electron chi connectivity index (χ1n) is 7.46. The van der Waals surface area contributed by atoms with Crippen LogP contribution >= 0.6 is 0 Å². The molecule has 0 radical (unpaired) electrons. The molecule has 0 saturated heterocycles. The molecule has 1 fully saturated rings. The molecule has 2 atom stereocenters. The number of hydrogen-bond acceptors (Lipinski definition) is 2. The van der Waals surface area contributed by atoms with Crippen molar-refractivity contribution in [3.63, 3.8) is 0 Å². The molecule has 0 unspecified atom stereocenters. The summed E-state index contributed by atoms with van der Waals surface area (Å²) in [4.78, 5) is 0. The molecule has 0 aromatic heterocycles. The van der Waals surface area contributed by atoms with Gasteiger partial charge >= 0.3 is 116 Å². The zero-order valence-corrected chi connectivity index (χ0v) is 15.5. The van der Waals surface area contributed by atoms with Crippen molar-refractivity contribution in [3.8, 4) is 0 Å². The van der Waals surface area contributed by atoms with Gasteiger partial charge in [0.2, 0.25) is 0 Å². The second-order valence-corrected chi connectivity index (χ2v) is 18.3. The maximum absolute atomic E-state index is 5.97. The minimum atomic E-state index is -1.65. The third-order valence-corrected chi connectivity index (χ3v) is 19.7. The monoisotopic (exact) mass is 318 g/mol. The Labute approximate surface area is 116 Å². The van der Waals surface area contributed by atoms with Crippen LogP contribution in [0.15, 0.2) is 0 Å². The van der Waals surface area contributed by atoms with E-state index < -0.39 is 13.3 Å². The molecule has 0 aromatic rings. The van der Waals surface area contributed by atoms with Gasteiger partial charge in [-0.25, -0.2) is 0 Å². The molecule has 0 bridgehead atoms. The second-order valence-electron chi connectivity index (χ2n) is 6.66. The molecule has 0 heterocycles. The zero-order chi connectivity index (χ0) is 14.0. The van der Waals surface area contributed by atoms with Crippen LogP contribution in [0.5, 0.6) is 0 Å². The van der Waals surface area contributed by atoms with Crippen LogP contribution in [0.4, 0.5) is 0 Å². The average Bonchev–Trinajstić information content (AvgIpc) is 3.05. The fraction of sp³-hybridized carbons (Fsp3) is 1.00. The molecule has 1 aliphatic carbocycles. The van der Waals surface area contributed by atoms with Crippen LogP contribution in [-0.2, 0) is 9.47 Å². The van der Waals surface area contributed by atoms with Crippen LogP contribution in [0.1, 0.15) is 48.0 Å². The van der Waals surface area contributed by atoms with E-state index in [4.69, 9.17) is 9.47 Å². The predicted octanol–water partition coefficient (Wildman–Crippen LogP) is 4.67. The van der Waals surface area contributed by atoms with Crippen LogP contribution in [0, 0.1) is 5.41 Å². The summed E-state index contributed by atoms with van der Waals surface area (Å²) in [6.07, 6.45) is 1.37. The van der Waals surface area contributed by atoms with E-state index in [1.165, 1.54) is 22.2 Å². The van der Waals surface area contributed by atoms with Gasteiger partial charge in [0.25, 0.3) is 0 Å². The van der Waals surface area contributed by atoms with Gasteiger partial charge in [0.05, 0.1) is 0 Å². The molecule has 2 nitrogen and oxygen atoms in total. The van der Waals surface area contributed by atoms with Gasteiger partial charge in [0.1, 0.15) is 0 Å². The summed E-state index contributed by atoms with van der Waals surface area (Å²) >= 11 is -1.65. The fourth-order valence-electron chi connectivity index (χ4n) is 3.78. The van der Waals surface area contributed by atoms with Crippen molar-refractivity contribution in [2.24, 2.45) is 5.41 Å². The van der Waals surface area contributed by atoms with Crippen molar-refractivity contribution in [1.29, 1.82) is 0 Å². The van der Waals surface area contributed by atoms with Gasteiger partial charge in [-0.15, -0.1) is 0 Å². The maximum atomic E-state index is 5.97. The van der Waals surface area contributed by atoms with Gasteiger partial charge in [0.15, 0.2) is 0 Å². The van der Waals surface area contributed by atoms with Gasteiger partial charge in [-0.1, -0.05) is 0 Å². The average molecular weight is 317 g/mol. The van der Waals surface area contributed by atoms with Crippen LogP contribution in [-0.4, -0.2) is 32.8 Å². The number of rotatable bonds is 8. The van der Waals surface area contributed by atoms with Crippen LogP contribution in [0.3, 0.4) is 0 Å².